The largest absolute Gasteiger partial charge is 0.467 e. The van der Waals surface area contributed by atoms with Gasteiger partial charge in [-0.05, 0) is 48.0 Å². The fraction of sp³-hybridized carbons (Fsp3) is 0.150. The first kappa shape index (κ1) is 20.9. The molecule has 2 aromatic carbocycles. The van der Waals surface area contributed by atoms with Crippen LogP contribution in [-0.2, 0) is 22.7 Å². The number of hydrogen-bond donors (Lipinski definition) is 3. The summed E-state index contributed by atoms with van der Waals surface area (Å²) in [6.07, 6.45) is -4.11. The number of nitrogens with one attached hydrogen (secondary N) is 3. The Balaban J connectivity index is 1.53. The van der Waals surface area contributed by atoms with Crippen molar-refractivity contribution in [1.29, 1.82) is 0 Å². The van der Waals surface area contributed by atoms with Gasteiger partial charge in [-0.2, -0.15) is 17.9 Å². The molecule has 1 unspecified atom stereocenters. The number of halogens is 3. The van der Waals surface area contributed by atoms with Crippen LogP contribution in [0.5, 0.6) is 0 Å². The molecule has 1 atom stereocenters. The molecule has 0 spiro atoms. The average Bonchev–Trinajstić information content (AvgIpc) is 3.24. The molecule has 0 fully saturated rings. The number of fused-ring (bicyclic) bond motifs is 1. The number of amides is 1. The van der Waals surface area contributed by atoms with Crippen molar-refractivity contribution in [3.63, 3.8) is 0 Å². The number of carbonyl (C=O) groups is 1. The van der Waals surface area contributed by atoms with Crippen LogP contribution in [0.4, 0.5) is 18.9 Å². The summed E-state index contributed by atoms with van der Waals surface area (Å²) in [5.41, 5.74) is -0.361. The van der Waals surface area contributed by atoms with Gasteiger partial charge in [0.1, 0.15) is 16.8 Å². The maximum Gasteiger partial charge on any atom is 0.416 e. The second-order valence-electron chi connectivity index (χ2n) is 6.79. The minimum absolute atomic E-state index is 0.154. The van der Waals surface area contributed by atoms with Gasteiger partial charge in [-0.1, -0.05) is 12.1 Å². The molecule has 4 rings (SSSR count). The Bertz CT molecular complexity index is 1210. The third-order valence-electron chi connectivity index (χ3n) is 4.68. The second kappa shape index (κ2) is 7.75. The Hall–Kier alpha value is -3.31. The Kier molecular flexibility index (Phi) is 5.23. The van der Waals surface area contributed by atoms with Crippen molar-refractivity contribution < 1.29 is 30.8 Å². The highest BCUT2D eigenvalue weighted by Crippen LogP contribution is 2.37. The van der Waals surface area contributed by atoms with Gasteiger partial charge in [0, 0.05) is 5.56 Å². The molecule has 1 amide bonds. The quantitative estimate of drug-likeness (QED) is 0.563. The summed E-state index contributed by atoms with van der Waals surface area (Å²) < 4.78 is 71.5. The Morgan fingerprint density at radius 1 is 1.10 bits per heavy atom. The zero-order valence-electron chi connectivity index (χ0n) is 15.7. The molecular weight excluding hydrogens is 435 g/mol. The Labute approximate surface area is 175 Å². The van der Waals surface area contributed by atoms with Crippen LogP contribution in [0.1, 0.15) is 33.4 Å². The molecule has 1 aliphatic rings. The van der Waals surface area contributed by atoms with Crippen molar-refractivity contribution in [1.82, 2.24) is 10.0 Å². The lowest BCUT2D eigenvalue weighted by Crippen LogP contribution is -2.38. The van der Waals surface area contributed by atoms with Gasteiger partial charge in [0.2, 0.25) is 10.0 Å². The van der Waals surface area contributed by atoms with E-state index in [0.29, 0.717) is 16.9 Å². The van der Waals surface area contributed by atoms with Crippen LogP contribution in [0.2, 0.25) is 0 Å². The van der Waals surface area contributed by atoms with Gasteiger partial charge in [0.25, 0.3) is 5.91 Å². The molecule has 3 aromatic rings. The van der Waals surface area contributed by atoms with Crippen LogP contribution in [-0.4, -0.2) is 14.3 Å². The van der Waals surface area contributed by atoms with Crippen molar-refractivity contribution in [3.8, 4) is 0 Å². The molecule has 3 N–H and O–H groups in total. The van der Waals surface area contributed by atoms with E-state index in [1.165, 1.54) is 30.5 Å². The number of hydrogen-bond acceptors (Lipinski definition) is 5. The highest BCUT2D eigenvalue weighted by Gasteiger charge is 2.35. The molecule has 0 saturated carbocycles. The van der Waals surface area contributed by atoms with Gasteiger partial charge in [0.15, 0.2) is 0 Å². The predicted octanol–water partition coefficient (Wildman–Crippen LogP) is 3.63. The molecule has 2 heterocycles. The maximum atomic E-state index is 13.0. The van der Waals surface area contributed by atoms with E-state index in [4.69, 9.17) is 4.42 Å². The van der Waals surface area contributed by atoms with Gasteiger partial charge in [-0.25, -0.2) is 8.42 Å². The van der Waals surface area contributed by atoms with E-state index < -0.39 is 27.9 Å². The monoisotopic (exact) mass is 451 g/mol. The zero-order valence-corrected chi connectivity index (χ0v) is 16.5. The topological polar surface area (TPSA) is 100 Å². The van der Waals surface area contributed by atoms with Crippen molar-refractivity contribution in [3.05, 3.63) is 83.3 Å². The lowest BCUT2D eigenvalue weighted by Gasteiger charge is -2.29. The SMILES string of the molecule is O=C(NCc1ccco1)c1ccc(C2Nc3cc(C(F)(F)F)ccc3S(=O)(=O)N2)cc1. The van der Waals surface area contributed by atoms with E-state index in [2.05, 4.69) is 15.4 Å². The summed E-state index contributed by atoms with van der Waals surface area (Å²) >= 11 is 0. The van der Waals surface area contributed by atoms with Crippen molar-refractivity contribution in [2.24, 2.45) is 0 Å². The standard InChI is InChI=1S/C20H16F3N3O4S/c21-20(22,23)14-7-8-17-16(10-14)25-18(26-31(17,28)29)12-3-5-13(6-4-12)19(27)24-11-15-2-1-9-30-15/h1-10,18,25-26H,11H2,(H,24,27). The average molecular weight is 451 g/mol. The number of benzene rings is 2. The van der Waals surface area contributed by atoms with E-state index >= 15 is 0 Å². The molecule has 162 valence electrons. The van der Waals surface area contributed by atoms with Crippen LogP contribution >= 0.6 is 0 Å². The number of sulfonamides is 1. The van der Waals surface area contributed by atoms with Gasteiger partial charge in [-0.3, -0.25) is 4.79 Å². The molecular formula is C20H16F3N3O4S. The molecule has 31 heavy (non-hydrogen) atoms. The van der Waals surface area contributed by atoms with E-state index in [0.717, 1.165) is 18.2 Å². The summed E-state index contributed by atoms with van der Waals surface area (Å²) in [6.45, 7) is 0.204. The molecule has 11 heteroatoms. The van der Waals surface area contributed by atoms with Gasteiger partial charge < -0.3 is 15.1 Å². The predicted molar refractivity (Wildman–Crippen MR) is 104 cm³/mol. The van der Waals surface area contributed by atoms with Crippen LogP contribution in [0.25, 0.3) is 0 Å². The minimum Gasteiger partial charge on any atom is -0.467 e. The maximum absolute atomic E-state index is 13.0. The highest BCUT2D eigenvalue weighted by atomic mass is 32.2. The molecule has 1 aromatic heterocycles. The zero-order chi connectivity index (χ0) is 22.2. The fourth-order valence-electron chi connectivity index (χ4n) is 3.12. The molecule has 0 aliphatic carbocycles. The number of carbonyl (C=O) groups excluding carboxylic acids is 1. The first-order valence-electron chi connectivity index (χ1n) is 9.04. The van der Waals surface area contributed by atoms with Crippen LogP contribution in [0.3, 0.4) is 0 Å². The van der Waals surface area contributed by atoms with Crippen LogP contribution in [0, 0.1) is 0 Å². The first-order valence-corrected chi connectivity index (χ1v) is 10.5. The molecule has 1 aliphatic heterocycles. The van der Waals surface area contributed by atoms with E-state index in [-0.39, 0.29) is 23.0 Å². The third-order valence-corrected chi connectivity index (χ3v) is 6.16. The molecule has 7 nitrogen and oxygen atoms in total. The number of anilines is 1. The Morgan fingerprint density at radius 2 is 1.84 bits per heavy atom. The molecule has 0 radical (unpaired) electrons. The van der Waals surface area contributed by atoms with Gasteiger partial charge in [-0.15, -0.1) is 0 Å². The summed E-state index contributed by atoms with van der Waals surface area (Å²) in [4.78, 5) is 12.0. The van der Waals surface area contributed by atoms with Crippen LogP contribution in [0.15, 0.2) is 70.2 Å². The number of rotatable bonds is 4. The first-order chi connectivity index (χ1) is 14.6. The lowest BCUT2D eigenvalue weighted by atomic mass is 10.1. The smallest absolute Gasteiger partial charge is 0.416 e. The molecule has 0 bridgehead atoms. The second-order valence-corrected chi connectivity index (χ2v) is 8.47. The minimum atomic E-state index is -4.61. The highest BCUT2D eigenvalue weighted by molar-refractivity contribution is 7.89. The number of furan rings is 1. The fourth-order valence-corrected chi connectivity index (χ4v) is 4.40. The molecule has 0 saturated heterocycles. The summed E-state index contributed by atoms with van der Waals surface area (Å²) in [5, 5.41) is 5.45. The van der Waals surface area contributed by atoms with Crippen molar-refractivity contribution in [2.75, 3.05) is 5.32 Å². The van der Waals surface area contributed by atoms with Gasteiger partial charge in [0.05, 0.1) is 24.1 Å². The van der Waals surface area contributed by atoms with Crippen LogP contribution < -0.4 is 15.4 Å². The van der Waals surface area contributed by atoms with E-state index in [9.17, 15) is 26.4 Å². The summed E-state index contributed by atoms with van der Waals surface area (Å²) in [7, 11) is -4.03. The lowest BCUT2D eigenvalue weighted by molar-refractivity contribution is -0.137. The summed E-state index contributed by atoms with van der Waals surface area (Å²) in [6, 6.07) is 11.8. The number of alkyl halides is 3. The van der Waals surface area contributed by atoms with E-state index in [1.54, 1.807) is 12.1 Å². The summed E-state index contributed by atoms with van der Waals surface area (Å²) in [5.74, 6) is 0.225. The van der Waals surface area contributed by atoms with Crippen molar-refractivity contribution in [2.45, 2.75) is 23.8 Å². The normalized spacial score (nSPS) is 17.5. The Morgan fingerprint density at radius 3 is 2.48 bits per heavy atom. The van der Waals surface area contributed by atoms with Crippen molar-refractivity contribution >= 4 is 21.6 Å². The third kappa shape index (κ3) is 4.42. The van der Waals surface area contributed by atoms with Gasteiger partial charge >= 0.3 is 6.18 Å². The van der Waals surface area contributed by atoms with E-state index in [1.807, 2.05) is 0 Å².